The number of ether oxygens (including phenoxy) is 1. The Labute approximate surface area is 158 Å². The van der Waals surface area contributed by atoms with E-state index in [0.29, 0.717) is 5.56 Å². The van der Waals surface area contributed by atoms with Crippen molar-refractivity contribution in [3.63, 3.8) is 0 Å². The lowest BCUT2D eigenvalue weighted by atomic mass is 9.85. The zero-order chi connectivity index (χ0) is 19.7. The molecule has 142 valence electrons. The summed E-state index contributed by atoms with van der Waals surface area (Å²) in [5, 5.41) is 9.78. The molecule has 0 bridgehead atoms. The molecule has 0 saturated carbocycles. The van der Waals surface area contributed by atoms with Crippen molar-refractivity contribution < 1.29 is 14.6 Å². The van der Waals surface area contributed by atoms with Crippen LogP contribution in [0, 0.1) is 0 Å². The summed E-state index contributed by atoms with van der Waals surface area (Å²) < 4.78 is 4.71. The fraction of sp³-hybridized carbons (Fsp3) is 0.435. The van der Waals surface area contributed by atoms with Gasteiger partial charge in [0.1, 0.15) is 0 Å². The molecule has 0 aliphatic heterocycles. The van der Waals surface area contributed by atoms with Gasteiger partial charge in [-0.2, -0.15) is 0 Å². The Balaban J connectivity index is 0.00000163. The summed E-state index contributed by atoms with van der Waals surface area (Å²) in [5.41, 5.74) is 4.16. The first kappa shape index (κ1) is 21.9. The fourth-order valence-corrected chi connectivity index (χ4v) is 2.72. The van der Waals surface area contributed by atoms with Gasteiger partial charge in [0.25, 0.3) is 0 Å². The molecule has 0 fully saturated rings. The first-order valence-electron chi connectivity index (χ1n) is 9.23. The topological polar surface area (TPSA) is 46.5 Å². The second-order valence-electron chi connectivity index (χ2n) is 7.14. The van der Waals surface area contributed by atoms with Crippen LogP contribution in [0.4, 0.5) is 0 Å². The number of benzene rings is 2. The quantitative estimate of drug-likeness (QED) is 0.757. The Morgan fingerprint density at radius 2 is 1.54 bits per heavy atom. The molecular formula is C23H32O3. The molecule has 26 heavy (non-hydrogen) atoms. The van der Waals surface area contributed by atoms with Gasteiger partial charge in [0.05, 0.1) is 19.3 Å². The second kappa shape index (κ2) is 10.1. The second-order valence-corrected chi connectivity index (χ2v) is 7.14. The van der Waals surface area contributed by atoms with Crippen LogP contribution in [0.1, 0.15) is 67.6 Å². The molecule has 1 atom stereocenters. The standard InChI is InChI=1S/C21H26O3.C2H6/c1-21(2,3)19-11-9-16(10-12-19)18(14-22)13-15-5-7-17(8-6-15)20(23)24-4;1-2/h5-12,18,22H,13-14H2,1-4H3;1-2H3. The molecule has 3 nitrogen and oxygen atoms in total. The average Bonchev–Trinajstić information content (AvgIpc) is 2.67. The Hall–Kier alpha value is -2.13. The fourth-order valence-electron chi connectivity index (χ4n) is 2.72. The van der Waals surface area contributed by atoms with Gasteiger partial charge < -0.3 is 9.84 Å². The van der Waals surface area contributed by atoms with E-state index in [-0.39, 0.29) is 23.9 Å². The largest absolute Gasteiger partial charge is 0.465 e. The molecule has 2 aromatic rings. The third kappa shape index (κ3) is 5.99. The van der Waals surface area contributed by atoms with Crippen LogP contribution in [0.25, 0.3) is 0 Å². The summed E-state index contributed by atoms with van der Waals surface area (Å²) >= 11 is 0. The van der Waals surface area contributed by atoms with Gasteiger partial charge in [0.2, 0.25) is 0 Å². The van der Waals surface area contributed by atoms with Crippen molar-refractivity contribution in [1.29, 1.82) is 0 Å². The summed E-state index contributed by atoms with van der Waals surface area (Å²) in [4.78, 5) is 11.5. The number of hydrogen-bond donors (Lipinski definition) is 1. The van der Waals surface area contributed by atoms with E-state index < -0.39 is 0 Å². The van der Waals surface area contributed by atoms with E-state index in [2.05, 4.69) is 45.0 Å². The van der Waals surface area contributed by atoms with Crippen LogP contribution >= 0.6 is 0 Å². The Morgan fingerprint density at radius 3 is 1.96 bits per heavy atom. The van der Waals surface area contributed by atoms with Crippen molar-refractivity contribution in [3.8, 4) is 0 Å². The lowest BCUT2D eigenvalue weighted by Gasteiger charge is -2.21. The number of aliphatic hydroxyl groups is 1. The average molecular weight is 357 g/mol. The smallest absolute Gasteiger partial charge is 0.337 e. The predicted octanol–water partition coefficient (Wildman–Crippen LogP) is 5.12. The summed E-state index contributed by atoms with van der Waals surface area (Å²) in [6.07, 6.45) is 0.729. The van der Waals surface area contributed by atoms with Crippen molar-refractivity contribution in [2.45, 2.75) is 52.4 Å². The van der Waals surface area contributed by atoms with E-state index in [4.69, 9.17) is 4.74 Å². The van der Waals surface area contributed by atoms with Crippen LogP contribution in [0.3, 0.4) is 0 Å². The molecule has 2 rings (SSSR count). The summed E-state index contributed by atoms with van der Waals surface area (Å²) in [6.45, 7) is 10.7. The minimum absolute atomic E-state index is 0.0444. The number of aliphatic hydroxyl groups excluding tert-OH is 1. The highest BCUT2D eigenvalue weighted by Crippen LogP contribution is 2.26. The van der Waals surface area contributed by atoms with E-state index in [0.717, 1.165) is 17.5 Å². The maximum Gasteiger partial charge on any atom is 0.337 e. The summed E-state index contributed by atoms with van der Waals surface area (Å²) in [6, 6.07) is 15.8. The van der Waals surface area contributed by atoms with Gasteiger partial charge >= 0.3 is 5.97 Å². The Kier molecular flexibility index (Phi) is 8.53. The van der Waals surface area contributed by atoms with Gasteiger partial charge in [-0.25, -0.2) is 4.79 Å². The van der Waals surface area contributed by atoms with Crippen LogP contribution in [0.2, 0.25) is 0 Å². The maximum absolute atomic E-state index is 11.5. The minimum Gasteiger partial charge on any atom is -0.465 e. The first-order chi connectivity index (χ1) is 12.3. The molecule has 1 N–H and O–H groups in total. The highest BCUT2D eigenvalue weighted by atomic mass is 16.5. The Morgan fingerprint density at radius 1 is 1.00 bits per heavy atom. The van der Waals surface area contributed by atoms with E-state index in [1.807, 2.05) is 26.0 Å². The number of rotatable bonds is 5. The van der Waals surface area contributed by atoms with Crippen LogP contribution in [0.15, 0.2) is 48.5 Å². The van der Waals surface area contributed by atoms with Crippen molar-refractivity contribution >= 4 is 5.97 Å². The number of carbonyl (C=O) groups is 1. The zero-order valence-electron chi connectivity index (χ0n) is 16.9. The molecule has 0 spiro atoms. The molecule has 0 aliphatic carbocycles. The highest BCUT2D eigenvalue weighted by Gasteiger charge is 2.16. The highest BCUT2D eigenvalue weighted by molar-refractivity contribution is 5.89. The van der Waals surface area contributed by atoms with Crippen LogP contribution < -0.4 is 0 Å². The number of esters is 1. The van der Waals surface area contributed by atoms with E-state index in [1.54, 1.807) is 12.1 Å². The van der Waals surface area contributed by atoms with Crippen LogP contribution in [-0.2, 0) is 16.6 Å². The van der Waals surface area contributed by atoms with Crippen molar-refractivity contribution in [3.05, 3.63) is 70.8 Å². The molecule has 0 heterocycles. The summed E-state index contributed by atoms with van der Waals surface area (Å²) in [7, 11) is 1.37. The monoisotopic (exact) mass is 356 g/mol. The number of methoxy groups -OCH3 is 1. The van der Waals surface area contributed by atoms with E-state index >= 15 is 0 Å². The van der Waals surface area contributed by atoms with Gasteiger partial charge in [-0.15, -0.1) is 0 Å². The normalized spacial score (nSPS) is 12.0. The molecular weight excluding hydrogens is 324 g/mol. The van der Waals surface area contributed by atoms with Crippen molar-refractivity contribution in [2.24, 2.45) is 0 Å². The van der Waals surface area contributed by atoms with E-state index in [1.165, 1.54) is 12.7 Å². The maximum atomic E-state index is 11.5. The third-order valence-electron chi connectivity index (χ3n) is 4.33. The van der Waals surface area contributed by atoms with Gasteiger partial charge in [-0.3, -0.25) is 0 Å². The zero-order valence-corrected chi connectivity index (χ0v) is 16.9. The number of hydrogen-bond acceptors (Lipinski definition) is 3. The lowest BCUT2D eigenvalue weighted by molar-refractivity contribution is 0.0600. The molecule has 0 aromatic heterocycles. The molecule has 0 saturated heterocycles. The first-order valence-corrected chi connectivity index (χ1v) is 9.23. The van der Waals surface area contributed by atoms with Crippen molar-refractivity contribution in [1.82, 2.24) is 0 Å². The SMILES string of the molecule is CC.COC(=O)c1ccc(CC(CO)c2ccc(C(C)(C)C)cc2)cc1. The van der Waals surface area contributed by atoms with E-state index in [9.17, 15) is 9.90 Å². The minimum atomic E-state index is -0.335. The van der Waals surface area contributed by atoms with Gasteiger partial charge in [-0.1, -0.05) is 71.0 Å². The third-order valence-corrected chi connectivity index (χ3v) is 4.33. The van der Waals surface area contributed by atoms with Gasteiger partial charge in [-0.05, 0) is 40.7 Å². The molecule has 0 amide bonds. The van der Waals surface area contributed by atoms with Gasteiger partial charge in [0.15, 0.2) is 0 Å². The van der Waals surface area contributed by atoms with Crippen molar-refractivity contribution in [2.75, 3.05) is 13.7 Å². The molecule has 0 radical (unpaired) electrons. The Bertz CT molecular complexity index is 664. The van der Waals surface area contributed by atoms with Crippen LogP contribution in [0.5, 0.6) is 0 Å². The molecule has 3 heteroatoms. The molecule has 0 aliphatic rings. The van der Waals surface area contributed by atoms with Gasteiger partial charge in [0, 0.05) is 5.92 Å². The predicted molar refractivity (Wildman–Crippen MR) is 108 cm³/mol. The van der Waals surface area contributed by atoms with Crippen LogP contribution in [-0.4, -0.2) is 24.8 Å². The molecule has 1 unspecified atom stereocenters. The molecule has 2 aromatic carbocycles. The summed E-state index contributed by atoms with van der Waals surface area (Å²) in [5.74, 6) is -0.291. The lowest BCUT2D eigenvalue weighted by Crippen LogP contribution is -2.12. The number of carbonyl (C=O) groups excluding carboxylic acids is 1.